The summed E-state index contributed by atoms with van der Waals surface area (Å²) in [6.07, 6.45) is 1.36. The number of aryl methyl sites for hydroxylation is 2. The number of thioether (sulfide) groups is 1. The SMILES string of the molecule is C=CCn1c(SC(C)C(=O)Nc2nc(C)c(C)s2)nnc1C(C)Oc1ccccc1Cl. The van der Waals surface area contributed by atoms with Gasteiger partial charge in [0, 0.05) is 11.4 Å². The second-order valence-corrected chi connectivity index (χ2v) is 9.76. The number of anilines is 1. The first-order chi connectivity index (χ1) is 14.8. The minimum atomic E-state index is -0.398. The maximum atomic E-state index is 12.6. The zero-order valence-electron chi connectivity index (χ0n) is 17.8. The fourth-order valence-electron chi connectivity index (χ4n) is 2.72. The minimum Gasteiger partial charge on any atom is -0.481 e. The number of para-hydroxylation sites is 1. The number of nitrogens with zero attached hydrogens (tertiary/aromatic N) is 4. The molecule has 2 unspecified atom stereocenters. The van der Waals surface area contributed by atoms with Gasteiger partial charge in [-0.05, 0) is 39.8 Å². The Balaban J connectivity index is 1.73. The molecule has 3 aromatic rings. The Kier molecular flexibility index (Phi) is 7.74. The number of benzene rings is 1. The zero-order chi connectivity index (χ0) is 22.5. The van der Waals surface area contributed by atoms with Crippen LogP contribution >= 0.6 is 34.7 Å². The molecular weight excluding hydrogens is 454 g/mol. The topological polar surface area (TPSA) is 81.9 Å². The van der Waals surface area contributed by atoms with Gasteiger partial charge in [0.2, 0.25) is 5.91 Å². The number of nitrogens with one attached hydrogen (secondary N) is 1. The van der Waals surface area contributed by atoms with Crippen LogP contribution in [0.15, 0.2) is 42.1 Å². The molecule has 0 aliphatic carbocycles. The summed E-state index contributed by atoms with van der Waals surface area (Å²) in [6, 6.07) is 7.27. The van der Waals surface area contributed by atoms with Crippen molar-refractivity contribution in [1.82, 2.24) is 19.7 Å². The van der Waals surface area contributed by atoms with Crippen LogP contribution in [0, 0.1) is 13.8 Å². The van der Waals surface area contributed by atoms with Gasteiger partial charge in [0.15, 0.2) is 22.2 Å². The molecule has 2 heterocycles. The van der Waals surface area contributed by atoms with E-state index in [4.69, 9.17) is 16.3 Å². The van der Waals surface area contributed by atoms with E-state index in [0.717, 1.165) is 10.6 Å². The van der Waals surface area contributed by atoms with E-state index < -0.39 is 11.4 Å². The second kappa shape index (κ2) is 10.3. The normalized spacial score (nSPS) is 12.9. The summed E-state index contributed by atoms with van der Waals surface area (Å²) >= 11 is 8.99. The van der Waals surface area contributed by atoms with Crippen molar-refractivity contribution in [1.29, 1.82) is 0 Å². The smallest absolute Gasteiger partial charge is 0.239 e. The Morgan fingerprint density at radius 1 is 1.35 bits per heavy atom. The molecule has 0 aliphatic heterocycles. The number of allylic oxidation sites excluding steroid dienone is 1. The minimum absolute atomic E-state index is 0.145. The summed E-state index contributed by atoms with van der Waals surface area (Å²) in [4.78, 5) is 18.1. The third-order valence-corrected chi connectivity index (χ3v) is 6.85. The van der Waals surface area contributed by atoms with Gasteiger partial charge in [0.05, 0.1) is 16.0 Å². The third kappa shape index (κ3) is 5.66. The summed E-state index contributed by atoms with van der Waals surface area (Å²) in [7, 11) is 0. The number of halogens is 1. The lowest BCUT2D eigenvalue weighted by atomic mass is 10.3. The molecule has 10 heteroatoms. The van der Waals surface area contributed by atoms with Crippen molar-refractivity contribution in [2.45, 2.75) is 50.8 Å². The summed E-state index contributed by atoms with van der Waals surface area (Å²) < 4.78 is 7.88. The largest absolute Gasteiger partial charge is 0.481 e. The monoisotopic (exact) mass is 477 g/mol. The summed E-state index contributed by atoms with van der Waals surface area (Å²) in [5, 5.41) is 12.8. The zero-order valence-corrected chi connectivity index (χ0v) is 20.1. The molecule has 0 spiro atoms. The van der Waals surface area contributed by atoms with Crippen LogP contribution < -0.4 is 10.1 Å². The molecule has 0 saturated carbocycles. The molecule has 1 amide bonds. The van der Waals surface area contributed by atoms with Gasteiger partial charge in [0.1, 0.15) is 5.75 Å². The van der Waals surface area contributed by atoms with E-state index in [0.29, 0.717) is 33.4 Å². The number of thiazole rings is 1. The molecule has 0 aliphatic rings. The highest BCUT2D eigenvalue weighted by molar-refractivity contribution is 8.00. The predicted molar refractivity (Wildman–Crippen MR) is 126 cm³/mol. The lowest BCUT2D eigenvalue weighted by Gasteiger charge is -2.17. The highest BCUT2D eigenvalue weighted by atomic mass is 35.5. The standard InChI is InChI=1S/C21H24ClN5O2S2/c1-6-11-27-18(13(3)29-17-10-8-7-9-16(17)22)25-26-21(27)31-15(5)19(28)24-20-23-12(2)14(4)30-20/h6-10,13,15H,1,11H2,2-5H3,(H,23,24,28). The molecule has 164 valence electrons. The van der Waals surface area contributed by atoms with Crippen molar-refractivity contribution in [3.8, 4) is 5.75 Å². The average molecular weight is 478 g/mol. The van der Waals surface area contributed by atoms with Gasteiger partial charge in [-0.1, -0.05) is 41.6 Å². The summed E-state index contributed by atoms with van der Waals surface area (Å²) in [5.41, 5.74) is 0.920. The Labute approximate surface area is 194 Å². The first kappa shape index (κ1) is 23.3. The lowest BCUT2D eigenvalue weighted by molar-refractivity contribution is -0.115. The van der Waals surface area contributed by atoms with Crippen LogP contribution in [0.1, 0.15) is 36.3 Å². The Bertz CT molecular complexity index is 1060. The highest BCUT2D eigenvalue weighted by Gasteiger charge is 2.24. The Hall–Kier alpha value is -2.36. The van der Waals surface area contributed by atoms with Gasteiger partial charge in [-0.25, -0.2) is 4.98 Å². The molecule has 0 radical (unpaired) electrons. The number of hydrogen-bond acceptors (Lipinski definition) is 7. The molecule has 0 saturated heterocycles. The Morgan fingerprint density at radius 2 is 2.10 bits per heavy atom. The van der Waals surface area contributed by atoms with E-state index in [9.17, 15) is 4.79 Å². The van der Waals surface area contributed by atoms with E-state index in [1.807, 2.05) is 44.4 Å². The van der Waals surface area contributed by atoms with E-state index in [1.54, 1.807) is 18.2 Å². The molecular formula is C21H24ClN5O2S2. The van der Waals surface area contributed by atoms with Crippen molar-refractivity contribution in [2.75, 3.05) is 5.32 Å². The third-order valence-electron chi connectivity index (χ3n) is 4.47. The van der Waals surface area contributed by atoms with Crippen LogP contribution in [-0.4, -0.2) is 30.9 Å². The van der Waals surface area contributed by atoms with Gasteiger partial charge in [0.25, 0.3) is 0 Å². The van der Waals surface area contributed by atoms with E-state index in [-0.39, 0.29) is 5.91 Å². The van der Waals surface area contributed by atoms with Gasteiger partial charge < -0.3 is 10.1 Å². The molecule has 0 fully saturated rings. The van der Waals surface area contributed by atoms with Crippen LogP contribution in [0.4, 0.5) is 5.13 Å². The molecule has 2 aromatic heterocycles. The molecule has 2 atom stereocenters. The molecule has 3 rings (SSSR count). The number of hydrogen-bond donors (Lipinski definition) is 1. The molecule has 31 heavy (non-hydrogen) atoms. The van der Waals surface area contributed by atoms with Crippen LogP contribution in [-0.2, 0) is 11.3 Å². The molecule has 1 N–H and O–H groups in total. The number of amides is 1. The fourth-order valence-corrected chi connectivity index (χ4v) is 4.58. The van der Waals surface area contributed by atoms with Crippen molar-refractivity contribution in [3.05, 3.63) is 58.3 Å². The predicted octanol–water partition coefficient (Wildman–Crippen LogP) is 5.45. The molecule has 7 nitrogen and oxygen atoms in total. The lowest BCUT2D eigenvalue weighted by Crippen LogP contribution is -2.23. The maximum Gasteiger partial charge on any atom is 0.239 e. The van der Waals surface area contributed by atoms with Gasteiger partial charge >= 0.3 is 0 Å². The molecule has 1 aromatic carbocycles. The van der Waals surface area contributed by atoms with Gasteiger partial charge in [-0.15, -0.1) is 28.1 Å². The summed E-state index contributed by atoms with van der Waals surface area (Å²) in [5.74, 6) is 1.05. The average Bonchev–Trinajstić information content (AvgIpc) is 3.26. The number of ether oxygens (including phenoxy) is 1. The van der Waals surface area contributed by atoms with Crippen LogP contribution in [0.2, 0.25) is 5.02 Å². The van der Waals surface area contributed by atoms with Crippen LogP contribution in [0.3, 0.4) is 0 Å². The van der Waals surface area contributed by atoms with Crippen molar-refractivity contribution >= 4 is 45.7 Å². The van der Waals surface area contributed by atoms with Crippen molar-refractivity contribution in [2.24, 2.45) is 0 Å². The molecule has 0 bridgehead atoms. The van der Waals surface area contributed by atoms with Crippen molar-refractivity contribution in [3.63, 3.8) is 0 Å². The Morgan fingerprint density at radius 3 is 2.74 bits per heavy atom. The maximum absolute atomic E-state index is 12.6. The number of carbonyl (C=O) groups excluding carboxylic acids is 1. The van der Waals surface area contributed by atoms with Gasteiger partial charge in [-0.3, -0.25) is 9.36 Å². The van der Waals surface area contributed by atoms with Crippen LogP contribution in [0.5, 0.6) is 5.75 Å². The number of aromatic nitrogens is 4. The summed E-state index contributed by atoms with van der Waals surface area (Å²) in [6.45, 7) is 11.9. The van der Waals surface area contributed by atoms with E-state index in [1.165, 1.54) is 23.1 Å². The van der Waals surface area contributed by atoms with E-state index in [2.05, 4.69) is 27.1 Å². The highest BCUT2D eigenvalue weighted by Crippen LogP contribution is 2.31. The second-order valence-electron chi connectivity index (χ2n) is 6.84. The number of rotatable bonds is 9. The number of carbonyl (C=O) groups is 1. The first-order valence-corrected chi connectivity index (χ1v) is 11.7. The quantitative estimate of drug-likeness (QED) is 0.326. The van der Waals surface area contributed by atoms with Crippen LogP contribution in [0.25, 0.3) is 0 Å². The van der Waals surface area contributed by atoms with Crippen molar-refractivity contribution < 1.29 is 9.53 Å². The van der Waals surface area contributed by atoms with E-state index >= 15 is 0 Å². The first-order valence-electron chi connectivity index (χ1n) is 9.66. The fraction of sp³-hybridized carbons (Fsp3) is 0.333. The van der Waals surface area contributed by atoms with Gasteiger partial charge in [-0.2, -0.15) is 0 Å².